The van der Waals surface area contributed by atoms with Gasteiger partial charge in [0.25, 0.3) is 0 Å². The van der Waals surface area contributed by atoms with Crippen molar-refractivity contribution < 1.29 is 14.3 Å². The highest BCUT2D eigenvalue weighted by atomic mass is 16.5. The zero-order valence-corrected chi connectivity index (χ0v) is 15.0. The highest BCUT2D eigenvalue weighted by molar-refractivity contribution is 5.92. The molecule has 0 spiro atoms. The molecule has 25 heavy (non-hydrogen) atoms. The maximum atomic E-state index is 13.0. The molecule has 5 nitrogen and oxygen atoms in total. The van der Waals surface area contributed by atoms with E-state index >= 15 is 0 Å². The third-order valence-electron chi connectivity index (χ3n) is 4.60. The van der Waals surface area contributed by atoms with Crippen molar-refractivity contribution in [3.63, 3.8) is 0 Å². The molecule has 1 heterocycles. The number of urea groups is 1. The van der Waals surface area contributed by atoms with E-state index in [9.17, 15) is 4.79 Å². The summed E-state index contributed by atoms with van der Waals surface area (Å²) in [5.41, 5.74) is 3.25. The molecule has 2 aromatic carbocycles. The molecule has 0 unspecified atom stereocenters. The number of hydrogen-bond donors (Lipinski definition) is 0. The van der Waals surface area contributed by atoms with Gasteiger partial charge in [-0.3, -0.25) is 4.90 Å². The molecule has 0 aromatic heterocycles. The topological polar surface area (TPSA) is 42.0 Å². The van der Waals surface area contributed by atoms with Crippen molar-refractivity contribution in [2.45, 2.75) is 19.9 Å². The van der Waals surface area contributed by atoms with Gasteiger partial charge in [-0.25, -0.2) is 4.79 Å². The quantitative estimate of drug-likeness (QED) is 0.852. The number of benzene rings is 2. The summed E-state index contributed by atoms with van der Waals surface area (Å²) >= 11 is 0. The maximum Gasteiger partial charge on any atom is 0.324 e. The van der Waals surface area contributed by atoms with Crippen molar-refractivity contribution in [3.05, 3.63) is 53.6 Å². The number of rotatable bonds is 4. The molecule has 5 heteroatoms. The Bertz CT molecular complexity index is 746. The van der Waals surface area contributed by atoms with Gasteiger partial charge in [-0.2, -0.15) is 0 Å². The Morgan fingerprint density at radius 1 is 1.08 bits per heavy atom. The molecule has 0 saturated heterocycles. The van der Waals surface area contributed by atoms with Crippen LogP contribution in [0, 0.1) is 0 Å². The summed E-state index contributed by atoms with van der Waals surface area (Å²) in [6.45, 7) is 3.91. The van der Waals surface area contributed by atoms with Crippen molar-refractivity contribution in [3.8, 4) is 11.5 Å². The summed E-state index contributed by atoms with van der Waals surface area (Å²) in [4.78, 5) is 16.7. The lowest BCUT2D eigenvalue weighted by atomic mass is 9.99. The number of ether oxygens (including phenoxy) is 2. The Morgan fingerprint density at radius 2 is 1.72 bits per heavy atom. The van der Waals surface area contributed by atoms with Crippen LogP contribution >= 0.6 is 0 Å². The SMILES string of the molecule is CCN(C(=O)N1CCc2cc(OC)c(OC)cc2C1)c1ccccc1. The minimum Gasteiger partial charge on any atom is -0.493 e. The number of methoxy groups -OCH3 is 2. The van der Waals surface area contributed by atoms with Crippen molar-refractivity contribution >= 4 is 11.7 Å². The van der Waals surface area contributed by atoms with Crippen LogP contribution in [-0.2, 0) is 13.0 Å². The fourth-order valence-electron chi connectivity index (χ4n) is 3.25. The van der Waals surface area contributed by atoms with Gasteiger partial charge in [-0.1, -0.05) is 18.2 Å². The van der Waals surface area contributed by atoms with Crippen LogP contribution in [0.2, 0.25) is 0 Å². The maximum absolute atomic E-state index is 13.0. The zero-order chi connectivity index (χ0) is 17.8. The van der Waals surface area contributed by atoms with Crippen molar-refractivity contribution in [2.24, 2.45) is 0 Å². The number of anilines is 1. The monoisotopic (exact) mass is 340 g/mol. The Morgan fingerprint density at radius 3 is 2.32 bits per heavy atom. The molecular weight excluding hydrogens is 316 g/mol. The van der Waals surface area contributed by atoms with Crippen LogP contribution in [0.15, 0.2) is 42.5 Å². The van der Waals surface area contributed by atoms with E-state index in [1.807, 2.05) is 59.2 Å². The van der Waals surface area contributed by atoms with Crippen LogP contribution < -0.4 is 14.4 Å². The molecule has 2 amide bonds. The molecule has 1 aliphatic heterocycles. The van der Waals surface area contributed by atoms with E-state index in [1.165, 1.54) is 5.56 Å². The Balaban J connectivity index is 1.83. The molecule has 0 atom stereocenters. The number of fused-ring (bicyclic) bond motifs is 1. The van der Waals surface area contributed by atoms with Crippen LogP contribution in [0.25, 0.3) is 0 Å². The van der Waals surface area contributed by atoms with Crippen LogP contribution in [0.1, 0.15) is 18.1 Å². The standard InChI is InChI=1S/C20H24N2O3/c1-4-22(17-8-6-5-7-9-17)20(23)21-11-10-15-12-18(24-2)19(25-3)13-16(15)14-21/h5-9,12-13H,4,10-11,14H2,1-3H3. The molecule has 2 aromatic rings. The first-order chi connectivity index (χ1) is 12.2. The highest BCUT2D eigenvalue weighted by Gasteiger charge is 2.26. The zero-order valence-electron chi connectivity index (χ0n) is 15.0. The third kappa shape index (κ3) is 3.40. The van der Waals surface area contributed by atoms with E-state index in [0.717, 1.165) is 23.4 Å². The minimum atomic E-state index is 0.0362. The Hall–Kier alpha value is -2.69. The molecule has 0 fully saturated rings. The van der Waals surface area contributed by atoms with Crippen LogP contribution in [0.5, 0.6) is 11.5 Å². The predicted octanol–water partition coefficient (Wildman–Crippen LogP) is 3.71. The Kier molecular flexibility index (Phi) is 5.12. The van der Waals surface area contributed by atoms with Crippen LogP contribution in [0.4, 0.5) is 10.5 Å². The lowest BCUT2D eigenvalue weighted by molar-refractivity contribution is 0.199. The van der Waals surface area contributed by atoms with Gasteiger partial charge in [0.15, 0.2) is 11.5 Å². The van der Waals surface area contributed by atoms with Gasteiger partial charge in [0.05, 0.1) is 14.2 Å². The number of para-hydroxylation sites is 1. The fraction of sp³-hybridized carbons (Fsp3) is 0.350. The van der Waals surface area contributed by atoms with Gasteiger partial charge >= 0.3 is 6.03 Å². The largest absolute Gasteiger partial charge is 0.493 e. The van der Waals surface area contributed by atoms with Crippen LogP contribution in [-0.4, -0.2) is 38.2 Å². The van der Waals surface area contributed by atoms with Gasteiger partial charge in [0, 0.05) is 25.3 Å². The number of carbonyl (C=O) groups excluding carboxylic acids is 1. The lowest BCUT2D eigenvalue weighted by Crippen LogP contribution is -2.45. The number of amides is 2. The second kappa shape index (κ2) is 7.47. The third-order valence-corrected chi connectivity index (χ3v) is 4.60. The molecule has 132 valence electrons. The van der Waals surface area contributed by atoms with E-state index in [2.05, 4.69) is 0 Å². The van der Waals surface area contributed by atoms with Gasteiger partial charge < -0.3 is 14.4 Å². The van der Waals surface area contributed by atoms with Gasteiger partial charge in [0.2, 0.25) is 0 Å². The van der Waals surface area contributed by atoms with Crippen LogP contribution in [0.3, 0.4) is 0 Å². The summed E-state index contributed by atoms with van der Waals surface area (Å²) in [7, 11) is 3.27. The molecule has 0 aliphatic carbocycles. The van der Waals surface area contributed by atoms with Gasteiger partial charge in [0.1, 0.15) is 0 Å². The summed E-state index contributed by atoms with van der Waals surface area (Å²) in [5, 5.41) is 0. The van der Waals surface area contributed by atoms with E-state index in [0.29, 0.717) is 25.4 Å². The molecule has 0 radical (unpaired) electrons. The highest BCUT2D eigenvalue weighted by Crippen LogP contribution is 2.33. The number of carbonyl (C=O) groups is 1. The van der Waals surface area contributed by atoms with E-state index in [1.54, 1.807) is 14.2 Å². The van der Waals surface area contributed by atoms with Crippen molar-refractivity contribution in [1.82, 2.24) is 4.90 Å². The normalized spacial score (nSPS) is 13.2. The first-order valence-electron chi connectivity index (χ1n) is 8.53. The van der Waals surface area contributed by atoms with Gasteiger partial charge in [-0.05, 0) is 48.7 Å². The predicted molar refractivity (Wildman–Crippen MR) is 98.5 cm³/mol. The first kappa shape index (κ1) is 17.1. The summed E-state index contributed by atoms with van der Waals surface area (Å²) in [6.07, 6.45) is 0.813. The van der Waals surface area contributed by atoms with E-state index < -0.39 is 0 Å². The fourth-order valence-corrected chi connectivity index (χ4v) is 3.25. The molecule has 1 aliphatic rings. The summed E-state index contributed by atoms with van der Waals surface area (Å²) in [6, 6.07) is 13.8. The van der Waals surface area contributed by atoms with E-state index in [-0.39, 0.29) is 6.03 Å². The smallest absolute Gasteiger partial charge is 0.324 e. The van der Waals surface area contributed by atoms with Crippen molar-refractivity contribution in [1.29, 1.82) is 0 Å². The molecular formula is C20H24N2O3. The molecule has 0 saturated carbocycles. The van der Waals surface area contributed by atoms with Gasteiger partial charge in [-0.15, -0.1) is 0 Å². The summed E-state index contributed by atoms with van der Waals surface area (Å²) in [5.74, 6) is 1.44. The van der Waals surface area contributed by atoms with Crippen molar-refractivity contribution in [2.75, 3.05) is 32.2 Å². The molecule has 0 N–H and O–H groups in total. The van der Waals surface area contributed by atoms with E-state index in [4.69, 9.17) is 9.47 Å². The average molecular weight is 340 g/mol. The average Bonchev–Trinajstić information content (AvgIpc) is 2.67. The lowest BCUT2D eigenvalue weighted by Gasteiger charge is -2.34. The second-order valence-electron chi connectivity index (χ2n) is 6.01. The Labute approximate surface area is 148 Å². The first-order valence-corrected chi connectivity index (χ1v) is 8.53. The molecule has 3 rings (SSSR count). The minimum absolute atomic E-state index is 0.0362. The summed E-state index contributed by atoms with van der Waals surface area (Å²) < 4.78 is 10.8. The molecule has 0 bridgehead atoms. The number of hydrogen-bond acceptors (Lipinski definition) is 3. The second-order valence-corrected chi connectivity index (χ2v) is 6.01. The number of nitrogens with zero attached hydrogens (tertiary/aromatic N) is 2.